The van der Waals surface area contributed by atoms with Crippen molar-refractivity contribution in [3.63, 3.8) is 0 Å². The number of piperazine rings is 1. The van der Waals surface area contributed by atoms with Gasteiger partial charge in [0.25, 0.3) is 0 Å². The molecule has 0 saturated carbocycles. The number of aromatic nitrogens is 4. The summed E-state index contributed by atoms with van der Waals surface area (Å²) in [5, 5.41) is -0.431. The average molecular weight is 575 g/mol. The van der Waals surface area contributed by atoms with Crippen LogP contribution in [0.3, 0.4) is 0 Å². The molecule has 0 bridgehead atoms. The monoisotopic (exact) mass is 574 g/mol. The zero-order valence-electron chi connectivity index (χ0n) is 21.5. The number of nitrogens with zero attached hydrogens (tertiary/aromatic N) is 5. The summed E-state index contributed by atoms with van der Waals surface area (Å²) < 4.78 is 65.6. The van der Waals surface area contributed by atoms with Gasteiger partial charge >= 0.3 is 11.9 Å². The highest BCUT2D eigenvalue weighted by Gasteiger charge is 2.33. The number of nitrogens with one attached hydrogen (secondary N) is 1. The zero-order valence-corrected chi connectivity index (χ0v) is 22.3. The Morgan fingerprint density at radius 2 is 1.80 bits per heavy atom. The summed E-state index contributed by atoms with van der Waals surface area (Å²) >= 11 is 0. The predicted molar refractivity (Wildman–Crippen MR) is 142 cm³/mol. The van der Waals surface area contributed by atoms with Gasteiger partial charge in [-0.15, -0.1) is 0 Å². The van der Waals surface area contributed by atoms with Crippen molar-refractivity contribution in [3.8, 4) is 11.1 Å². The molecule has 1 saturated heterocycles. The number of anilines is 1. The molecule has 0 aliphatic carbocycles. The molecule has 1 N–H and O–H groups in total. The number of sulfone groups is 1. The van der Waals surface area contributed by atoms with Crippen molar-refractivity contribution < 1.29 is 26.4 Å². The number of alkyl halides is 3. The maximum absolute atomic E-state index is 13.6. The van der Waals surface area contributed by atoms with Crippen molar-refractivity contribution >= 4 is 32.5 Å². The molecule has 5 rings (SSSR count). The number of hydrogen-bond acceptors (Lipinski definition) is 7. The van der Waals surface area contributed by atoms with E-state index in [1.807, 2.05) is 11.8 Å². The molecular formula is C26H25F3N6O4S. The number of benzene rings is 2. The van der Waals surface area contributed by atoms with Crippen LogP contribution < -0.4 is 10.6 Å². The lowest BCUT2D eigenvalue weighted by Crippen LogP contribution is -2.55. The smallest absolute Gasteiger partial charge is 0.367 e. The van der Waals surface area contributed by atoms with E-state index in [2.05, 4.69) is 15.0 Å². The van der Waals surface area contributed by atoms with Crippen LogP contribution in [0, 0.1) is 0 Å². The first-order valence-corrected chi connectivity index (χ1v) is 14.2. The maximum atomic E-state index is 13.6. The highest BCUT2D eigenvalue weighted by atomic mass is 32.2. The number of H-pyrrole nitrogens is 1. The molecule has 4 aromatic rings. The van der Waals surface area contributed by atoms with Crippen LogP contribution in [0.5, 0.6) is 0 Å². The van der Waals surface area contributed by atoms with Gasteiger partial charge in [-0.1, -0.05) is 12.1 Å². The van der Waals surface area contributed by atoms with Crippen LogP contribution in [0.15, 0.2) is 64.8 Å². The van der Waals surface area contributed by atoms with Gasteiger partial charge in [-0.2, -0.15) is 13.2 Å². The van der Waals surface area contributed by atoms with Crippen molar-refractivity contribution in [2.75, 3.05) is 30.8 Å². The van der Waals surface area contributed by atoms with E-state index in [1.54, 1.807) is 29.2 Å². The summed E-state index contributed by atoms with van der Waals surface area (Å²) in [6.07, 6.45) is -1.29. The summed E-state index contributed by atoms with van der Waals surface area (Å²) in [5.41, 5.74) is 0.858. The second-order valence-electron chi connectivity index (χ2n) is 9.67. The third kappa shape index (κ3) is 5.30. The molecule has 2 aromatic heterocycles. The number of hydrogen-bond donors (Lipinski definition) is 1. The fourth-order valence-electron chi connectivity index (χ4n) is 4.90. The summed E-state index contributed by atoms with van der Waals surface area (Å²) in [6.45, 7) is 2.59. The Kier molecular flexibility index (Phi) is 6.90. The Morgan fingerprint density at radius 1 is 1.10 bits per heavy atom. The zero-order chi connectivity index (χ0) is 28.8. The fraction of sp³-hybridized carbons (Fsp3) is 0.308. The standard InChI is InChI=1S/C26H25F3N6O4S/c1-16-14-33(9-10-34(16)23(36)15-35-22-6-4-3-5-20(22)32-25(35)37)21-8-7-18(26(27,28)29)11-19(21)17-12-30-24(31-13-17)40(2,38)39/h3-8,11-13,16H,9-10,14-15H2,1-2H3,(H,32,37). The molecule has 1 amide bonds. The first kappa shape index (κ1) is 27.4. The van der Waals surface area contributed by atoms with Gasteiger partial charge < -0.3 is 14.8 Å². The van der Waals surface area contributed by atoms with Crippen molar-refractivity contribution in [2.45, 2.75) is 30.8 Å². The van der Waals surface area contributed by atoms with Crippen LogP contribution in [0.1, 0.15) is 12.5 Å². The Hall–Kier alpha value is -4.20. The number of carbonyl (C=O) groups excluding carboxylic acids is 1. The Labute approximate surface area is 227 Å². The number of para-hydroxylation sites is 2. The molecule has 14 heteroatoms. The average Bonchev–Trinajstić information content (AvgIpc) is 3.22. The third-order valence-corrected chi connectivity index (χ3v) is 7.73. The van der Waals surface area contributed by atoms with Crippen LogP contribution >= 0.6 is 0 Å². The van der Waals surface area contributed by atoms with Gasteiger partial charge in [0.1, 0.15) is 6.54 Å². The van der Waals surface area contributed by atoms with Gasteiger partial charge in [-0.05, 0) is 37.3 Å². The topological polar surface area (TPSA) is 121 Å². The Morgan fingerprint density at radius 3 is 2.45 bits per heavy atom. The lowest BCUT2D eigenvalue weighted by molar-refractivity contribution is -0.137. The highest BCUT2D eigenvalue weighted by Crippen LogP contribution is 2.38. The van der Waals surface area contributed by atoms with E-state index in [1.165, 1.54) is 23.0 Å². The molecule has 1 aliphatic rings. The Balaban J connectivity index is 1.41. The van der Waals surface area contributed by atoms with Crippen LogP contribution in [0.2, 0.25) is 0 Å². The molecule has 3 heterocycles. The van der Waals surface area contributed by atoms with Crippen molar-refractivity contribution in [3.05, 3.63) is 70.9 Å². The molecule has 2 aromatic carbocycles. The number of aromatic amines is 1. The number of fused-ring (bicyclic) bond motifs is 1. The van der Waals surface area contributed by atoms with Gasteiger partial charge in [-0.3, -0.25) is 9.36 Å². The molecule has 10 nitrogen and oxygen atoms in total. The second-order valence-corrected chi connectivity index (χ2v) is 11.6. The SMILES string of the molecule is CC1CN(c2ccc(C(F)(F)F)cc2-c2cnc(S(C)(=O)=O)nc2)CCN1C(=O)Cn1c(=O)[nH]c2ccccc21. The normalized spacial score (nSPS) is 16.5. The highest BCUT2D eigenvalue weighted by molar-refractivity contribution is 7.90. The van der Waals surface area contributed by atoms with E-state index < -0.39 is 26.7 Å². The predicted octanol–water partition coefficient (Wildman–Crippen LogP) is 2.95. The van der Waals surface area contributed by atoms with Crippen molar-refractivity contribution in [2.24, 2.45) is 0 Å². The molecule has 210 valence electrons. The third-order valence-electron chi connectivity index (χ3n) is 6.86. The largest absolute Gasteiger partial charge is 0.416 e. The fourth-order valence-corrected chi connectivity index (χ4v) is 5.39. The first-order valence-electron chi connectivity index (χ1n) is 12.3. The number of amides is 1. The van der Waals surface area contributed by atoms with E-state index in [-0.39, 0.29) is 41.9 Å². The van der Waals surface area contributed by atoms with Gasteiger partial charge in [0.05, 0.1) is 16.6 Å². The van der Waals surface area contributed by atoms with E-state index in [9.17, 15) is 31.2 Å². The van der Waals surface area contributed by atoms with E-state index >= 15 is 0 Å². The van der Waals surface area contributed by atoms with Crippen LogP contribution in [-0.4, -0.2) is 70.7 Å². The number of halogens is 3. The van der Waals surface area contributed by atoms with E-state index in [0.29, 0.717) is 29.8 Å². The van der Waals surface area contributed by atoms with Crippen molar-refractivity contribution in [1.29, 1.82) is 0 Å². The molecule has 1 unspecified atom stereocenters. The Bertz CT molecular complexity index is 1750. The number of carbonyl (C=O) groups is 1. The summed E-state index contributed by atoms with van der Waals surface area (Å²) in [5.74, 6) is -0.253. The minimum atomic E-state index is -4.60. The molecule has 0 radical (unpaired) electrons. The lowest BCUT2D eigenvalue weighted by atomic mass is 10.0. The molecule has 1 atom stereocenters. The van der Waals surface area contributed by atoms with Gasteiger partial charge in [-0.25, -0.2) is 23.2 Å². The summed E-state index contributed by atoms with van der Waals surface area (Å²) in [7, 11) is -3.69. The second kappa shape index (κ2) is 10.1. The number of imidazole rings is 1. The molecule has 1 aliphatic heterocycles. The lowest BCUT2D eigenvalue weighted by Gasteiger charge is -2.41. The molecule has 1 fully saturated rings. The van der Waals surface area contributed by atoms with Crippen LogP contribution in [-0.2, 0) is 27.4 Å². The van der Waals surface area contributed by atoms with Crippen LogP contribution in [0.25, 0.3) is 22.2 Å². The first-order chi connectivity index (χ1) is 18.8. The van der Waals surface area contributed by atoms with Gasteiger partial charge in [0, 0.05) is 61.1 Å². The van der Waals surface area contributed by atoms with E-state index in [0.717, 1.165) is 18.4 Å². The minimum Gasteiger partial charge on any atom is -0.367 e. The van der Waals surface area contributed by atoms with E-state index in [4.69, 9.17) is 0 Å². The van der Waals surface area contributed by atoms with Gasteiger partial charge in [0.2, 0.25) is 20.9 Å². The number of rotatable bonds is 5. The summed E-state index contributed by atoms with van der Waals surface area (Å²) in [4.78, 5) is 39.6. The van der Waals surface area contributed by atoms with Crippen molar-refractivity contribution in [1.82, 2.24) is 24.4 Å². The molecule has 40 heavy (non-hydrogen) atoms. The maximum Gasteiger partial charge on any atom is 0.416 e. The quantitative estimate of drug-likeness (QED) is 0.364. The molecule has 0 spiro atoms. The minimum absolute atomic E-state index is 0.150. The molecular weight excluding hydrogens is 549 g/mol. The van der Waals surface area contributed by atoms with Gasteiger partial charge in [0.15, 0.2) is 0 Å². The van der Waals surface area contributed by atoms with Crippen LogP contribution in [0.4, 0.5) is 18.9 Å². The summed E-state index contributed by atoms with van der Waals surface area (Å²) in [6, 6.07) is 10.1.